The van der Waals surface area contributed by atoms with Gasteiger partial charge in [-0.1, -0.05) is 7.43 Å². The summed E-state index contributed by atoms with van der Waals surface area (Å²) in [6.07, 6.45) is 1.25. The molecule has 0 aliphatic rings. The molecule has 0 saturated heterocycles. The van der Waals surface area contributed by atoms with Crippen molar-refractivity contribution in [3.63, 3.8) is 0 Å². The summed E-state index contributed by atoms with van der Waals surface area (Å²) >= 11 is 0. The fourth-order valence-electron chi connectivity index (χ4n) is 0. The van der Waals surface area contributed by atoms with E-state index in [0.29, 0.717) is 0 Å². The van der Waals surface area contributed by atoms with Crippen molar-refractivity contribution in [2.24, 2.45) is 10.7 Å². The van der Waals surface area contributed by atoms with Crippen LogP contribution in [0.5, 0.6) is 0 Å². The number of aliphatic imine (C=N–C) groups is 1. The molecule has 0 aromatic carbocycles. The van der Waals surface area contributed by atoms with Gasteiger partial charge in [0.15, 0.2) is 0 Å². The van der Waals surface area contributed by atoms with Crippen molar-refractivity contribution in [2.45, 2.75) is 7.43 Å². The molecule has 1 radical (unpaired) electrons. The van der Waals surface area contributed by atoms with E-state index in [2.05, 4.69) is 4.99 Å². The molecule has 0 unspecified atom stereocenters. The maximum Gasteiger partial charge on any atom is 0.0794 e. The van der Waals surface area contributed by atoms with E-state index in [1.165, 1.54) is 6.34 Å². The van der Waals surface area contributed by atoms with Crippen LogP contribution in [0.25, 0.3) is 0 Å². The molecule has 0 saturated carbocycles. The van der Waals surface area contributed by atoms with Crippen molar-refractivity contribution in [3.05, 3.63) is 0 Å². The average molecular weight is 163 g/mol. The fraction of sp³-hybridized carbons (Fsp3) is 0.667. The van der Waals surface area contributed by atoms with Crippen LogP contribution in [0.4, 0.5) is 0 Å². The van der Waals surface area contributed by atoms with Gasteiger partial charge in [-0.3, -0.25) is 4.99 Å². The first-order valence-electron chi connectivity index (χ1n) is 1.04. The molecular formula is C3H10N2Y. The van der Waals surface area contributed by atoms with Crippen LogP contribution in [-0.2, 0) is 32.7 Å². The Hall–Kier alpha value is 0.574. The van der Waals surface area contributed by atoms with Crippen molar-refractivity contribution in [3.8, 4) is 0 Å². The summed E-state index contributed by atoms with van der Waals surface area (Å²) in [4.78, 5) is 3.39. The van der Waals surface area contributed by atoms with Crippen LogP contribution in [0.2, 0.25) is 0 Å². The quantitative estimate of drug-likeness (QED) is 0.403. The van der Waals surface area contributed by atoms with Crippen LogP contribution in [0, 0.1) is 0 Å². The van der Waals surface area contributed by atoms with E-state index in [9.17, 15) is 0 Å². The van der Waals surface area contributed by atoms with Crippen LogP contribution in [0.15, 0.2) is 4.99 Å². The fourth-order valence-corrected chi connectivity index (χ4v) is 0. The van der Waals surface area contributed by atoms with Gasteiger partial charge in [0.25, 0.3) is 0 Å². The second-order valence-electron chi connectivity index (χ2n) is 0.407. The standard InChI is InChI=1S/C2H6N2.CH4.Y/c1-4-2-3;;/h2H,1H3,(H2,3,4);1H4;. The molecule has 0 fully saturated rings. The number of hydrogen-bond donors (Lipinski definition) is 1. The summed E-state index contributed by atoms with van der Waals surface area (Å²) in [5.41, 5.74) is 4.74. The minimum Gasteiger partial charge on any atom is -0.390 e. The van der Waals surface area contributed by atoms with Gasteiger partial charge in [-0.15, -0.1) is 0 Å². The maximum absolute atomic E-state index is 4.74. The van der Waals surface area contributed by atoms with Crippen molar-refractivity contribution < 1.29 is 32.7 Å². The Bertz CT molecular complexity index is 24.0. The Morgan fingerprint density at radius 2 is 1.83 bits per heavy atom. The Labute approximate surface area is 64.1 Å². The third-order valence-corrected chi connectivity index (χ3v) is 0.149. The topological polar surface area (TPSA) is 38.4 Å². The molecule has 2 N–H and O–H groups in total. The molecule has 0 spiro atoms. The monoisotopic (exact) mass is 163 g/mol. The number of nitrogens with two attached hydrogens (primary N) is 1. The molecule has 2 nitrogen and oxygen atoms in total. The Kier molecular flexibility index (Phi) is 46.9. The van der Waals surface area contributed by atoms with Crippen LogP contribution < -0.4 is 5.73 Å². The maximum atomic E-state index is 4.74. The molecule has 0 aromatic heterocycles. The summed E-state index contributed by atoms with van der Waals surface area (Å²) in [5, 5.41) is 0. The predicted octanol–water partition coefficient (Wildman–Crippen LogP) is 0.237. The molecule has 0 aromatic rings. The molecule has 0 aliphatic heterocycles. The van der Waals surface area contributed by atoms with Crippen LogP contribution >= 0.6 is 0 Å². The molecule has 3 heteroatoms. The zero-order chi connectivity index (χ0) is 3.41. The molecule has 6 heavy (non-hydrogen) atoms. The summed E-state index contributed by atoms with van der Waals surface area (Å²) in [6.45, 7) is 0. The third-order valence-electron chi connectivity index (χ3n) is 0.149. The minimum atomic E-state index is 0. The van der Waals surface area contributed by atoms with E-state index in [4.69, 9.17) is 5.73 Å². The van der Waals surface area contributed by atoms with Gasteiger partial charge >= 0.3 is 0 Å². The Morgan fingerprint density at radius 3 is 1.83 bits per heavy atom. The van der Waals surface area contributed by atoms with Crippen molar-refractivity contribution in [1.82, 2.24) is 0 Å². The first-order valence-corrected chi connectivity index (χ1v) is 1.04. The second-order valence-corrected chi connectivity index (χ2v) is 0.407. The molecule has 0 aliphatic carbocycles. The summed E-state index contributed by atoms with van der Waals surface area (Å²) < 4.78 is 0. The summed E-state index contributed by atoms with van der Waals surface area (Å²) in [5.74, 6) is 0. The number of rotatable bonds is 0. The first kappa shape index (κ1) is 16.0. The van der Waals surface area contributed by atoms with Gasteiger partial charge in [-0.05, 0) is 0 Å². The zero-order valence-corrected chi connectivity index (χ0v) is 6.02. The Morgan fingerprint density at radius 1 is 1.67 bits per heavy atom. The van der Waals surface area contributed by atoms with E-state index in [0.717, 1.165) is 0 Å². The third kappa shape index (κ3) is 23.6. The van der Waals surface area contributed by atoms with Gasteiger partial charge in [0.05, 0.1) is 6.34 Å². The van der Waals surface area contributed by atoms with Gasteiger partial charge in [0.1, 0.15) is 0 Å². The molecule has 0 atom stereocenters. The van der Waals surface area contributed by atoms with Crippen LogP contribution in [0.3, 0.4) is 0 Å². The van der Waals surface area contributed by atoms with Gasteiger partial charge in [-0.2, -0.15) is 0 Å². The van der Waals surface area contributed by atoms with Gasteiger partial charge < -0.3 is 5.73 Å². The van der Waals surface area contributed by atoms with E-state index in [1.807, 2.05) is 0 Å². The largest absolute Gasteiger partial charge is 0.390 e. The number of nitrogens with zero attached hydrogens (tertiary/aromatic N) is 1. The summed E-state index contributed by atoms with van der Waals surface area (Å²) in [6, 6.07) is 0. The molecule has 35 valence electrons. The molecule has 0 rings (SSSR count). The van der Waals surface area contributed by atoms with E-state index >= 15 is 0 Å². The predicted molar refractivity (Wildman–Crippen MR) is 25.3 cm³/mol. The van der Waals surface area contributed by atoms with Crippen molar-refractivity contribution >= 4 is 6.34 Å². The SMILES string of the molecule is C.CN=CN.[Y]. The Balaban J connectivity index is -0.0000000450. The van der Waals surface area contributed by atoms with Gasteiger partial charge in [0.2, 0.25) is 0 Å². The van der Waals surface area contributed by atoms with Crippen LogP contribution in [-0.4, -0.2) is 13.4 Å². The zero-order valence-electron chi connectivity index (χ0n) is 3.18. The summed E-state index contributed by atoms with van der Waals surface area (Å²) in [7, 11) is 1.62. The normalized spacial score (nSPS) is 6.17. The average Bonchev–Trinajstić information content (AvgIpc) is 1.37. The van der Waals surface area contributed by atoms with Crippen molar-refractivity contribution in [1.29, 1.82) is 0 Å². The van der Waals surface area contributed by atoms with Gasteiger partial charge in [0, 0.05) is 39.8 Å². The van der Waals surface area contributed by atoms with Crippen LogP contribution in [0.1, 0.15) is 7.43 Å². The van der Waals surface area contributed by atoms with E-state index in [-0.39, 0.29) is 40.1 Å². The molecule has 0 bridgehead atoms. The van der Waals surface area contributed by atoms with Crippen molar-refractivity contribution in [2.75, 3.05) is 7.05 Å². The first-order chi connectivity index (χ1) is 1.91. The minimum absolute atomic E-state index is 0. The molecule has 0 amide bonds. The molecular weight excluding hydrogens is 153 g/mol. The van der Waals surface area contributed by atoms with E-state index < -0.39 is 0 Å². The molecule has 0 heterocycles. The second kappa shape index (κ2) is 17.6. The van der Waals surface area contributed by atoms with E-state index in [1.54, 1.807) is 7.05 Å². The number of hydrogen-bond acceptors (Lipinski definition) is 1. The smallest absolute Gasteiger partial charge is 0.0794 e. The van der Waals surface area contributed by atoms with Gasteiger partial charge in [-0.25, -0.2) is 0 Å².